The van der Waals surface area contributed by atoms with Gasteiger partial charge in [-0.25, -0.2) is 0 Å². The monoisotopic (exact) mass is 277 g/mol. The molecule has 1 aliphatic rings. The molecular formula is C20H23N. The molecule has 2 rings (SSSR count). The summed E-state index contributed by atoms with van der Waals surface area (Å²) < 4.78 is 0. The SMILES string of the molecule is C#C/C=C\C=C/CN(c1ccccc1)C1C=CC(C)CC1. The molecule has 1 nitrogen and oxygen atoms in total. The first kappa shape index (κ1) is 15.2. The Morgan fingerprint density at radius 3 is 2.67 bits per heavy atom. The Morgan fingerprint density at radius 2 is 2.00 bits per heavy atom. The molecule has 0 radical (unpaired) electrons. The summed E-state index contributed by atoms with van der Waals surface area (Å²) in [6.45, 7) is 3.17. The van der Waals surface area contributed by atoms with Gasteiger partial charge >= 0.3 is 0 Å². The quantitative estimate of drug-likeness (QED) is 0.432. The van der Waals surface area contributed by atoms with Crippen molar-refractivity contribution in [2.24, 2.45) is 5.92 Å². The third kappa shape index (κ3) is 4.68. The van der Waals surface area contributed by atoms with Crippen molar-refractivity contribution >= 4 is 5.69 Å². The Hall–Kier alpha value is -2.20. The predicted molar refractivity (Wildman–Crippen MR) is 92.2 cm³/mol. The number of nitrogens with zero attached hydrogens (tertiary/aromatic N) is 1. The summed E-state index contributed by atoms with van der Waals surface area (Å²) >= 11 is 0. The van der Waals surface area contributed by atoms with Gasteiger partial charge in [0.05, 0.1) is 0 Å². The van der Waals surface area contributed by atoms with E-state index < -0.39 is 0 Å². The lowest BCUT2D eigenvalue weighted by molar-refractivity contribution is 0.522. The van der Waals surface area contributed by atoms with Gasteiger partial charge in [-0.05, 0) is 37.0 Å². The molecule has 21 heavy (non-hydrogen) atoms. The average molecular weight is 277 g/mol. The Bertz CT molecular complexity index is 545. The fourth-order valence-corrected chi connectivity index (χ4v) is 2.62. The largest absolute Gasteiger partial charge is 0.361 e. The van der Waals surface area contributed by atoms with Crippen LogP contribution < -0.4 is 4.90 Å². The van der Waals surface area contributed by atoms with Gasteiger partial charge in [0.15, 0.2) is 0 Å². The summed E-state index contributed by atoms with van der Waals surface area (Å²) in [7, 11) is 0. The van der Waals surface area contributed by atoms with Crippen LogP contribution in [0.15, 0.2) is 66.8 Å². The zero-order valence-electron chi connectivity index (χ0n) is 12.7. The van der Waals surface area contributed by atoms with Gasteiger partial charge in [0, 0.05) is 18.3 Å². The lowest BCUT2D eigenvalue weighted by Gasteiger charge is -2.34. The van der Waals surface area contributed by atoms with E-state index in [-0.39, 0.29) is 0 Å². The molecule has 1 aromatic carbocycles. The van der Waals surface area contributed by atoms with E-state index in [0.29, 0.717) is 12.0 Å². The van der Waals surface area contributed by atoms with E-state index in [2.05, 4.69) is 66.3 Å². The van der Waals surface area contributed by atoms with Crippen LogP contribution in [0, 0.1) is 18.3 Å². The highest BCUT2D eigenvalue weighted by Gasteiger charge is 2.19. The van der Waals surface area contributed by atoms with Crippen molar-refractivity contribution < 1.29 is 0 Å². The van der Waals surface area contributed by atoms with Gasteiger partial charge in [-0.2, -0.15) is 0 Å². The molecule has 1 heteroatoms. The van der Waals surface area contributed by atoms with Crippen LogP contribution in [0.1, 0.15) is 19.8 Å². The molecule has 0 saturated carbocycles. The second-order valence-electron chi connectivity index (χ2n) is 5.45. The first-order valence-electron chi connectivity index (χ1n) is 7.59. The van der Waals surface area contributed by atoms with Gasteiger partial charge < -0.3 is 4.90 Å². The van der Waals surface area contributed by atoms with Crippen molar-refractivity contribution in [2.45, 2.75) is 25.8 Å². The number of hydrogen-bond donors (Lipinski definition) is 0. The van der Waals surface area contributed by atoms with Crippen LogP contribution in [0.3, 0.4) is 0 Å². The molecule has 0 N–H and O–H groups in total. The standard InChI is InChI=1S/C20H23N/c1-3-4-5-6-10-17-21(19-11-8-7-9-12-19)20-15-13-18(2)14-16-20/h1,4-13,15,18,20H,14,16-17H2,2H3/b5-4-,10-6-. The lowest BCUT2D eigenvalue weighted by Crippen LogP contribution is -2.35. The Morgan fingerprint density at radius 1 is 1.19 bits per heavy atom. The summed E-state index contributed by atoms with van der Waals surface area (Å²) in [6.07, 6.45) is 20.2. The van der Waals surface area contributed by atoms with E-state index in [0.717, 1.165) is 6.54 Å². The molecular weight excluding hydrogens is 254 g/mol. The van der Waals surface area contributed by atoms with E-state index >= 15 is 0 Å². The number of anilines is 1. The van der Waals surface area contributed by atoms with Crippen LogP contribution in [0.5, 0.6) is 0 Å². The highest BCUT2D eigenvalue weighted by molar-refractivity contribution is 5.49. The van der Waals surface area contributed by atoms with Gasteiger partial charge in [0.2, 0.25) is 0 Å². The van der Waals surface area contributed by atoms with E-state index in [1.807, 2.05) is 12.2 Å². The molecule has 0 fully saturated rings. The van der Waals surface area contributed by atoms with E-state index in [9.17, 15) is 0 Å². The van der Waals surface area contributed by atoms with Crippen molar-refractivity contribution in [3.05, 3.63) is 66.8 Å². The number of rotatable bonds is 5. The summed E-state index contributed by atoms with van der Waals surface area (Å²) in [5, 5.41) is 0. The molecule has 0 aliphatic heterocycles. The average Bonchev–Trinajstić information content (AvgIpc) is 2.53. The van der Waals surface area contributed by atoms with Crippen LogP contribution in [0.25, 0.3) is 0 Å². The van der Waals surface area contributed by atoms with Gasteiger partial charge in [0.25, 0.3) is 0 Å². The molecule has 0 spiro atoms. The van der Waals surface area contributed by atoms with Crippen LogP contribution in [0.2, 0.25) is 0 Å². The smallest absolute Gasteiger partial charge is 0.0476 e. The normalized spacial score (nSPS) is 21.7. The molecule has 0 bridgehead atoms. The highest BCUT2D eigenvalue weighted by Crippen LogP contribution is 2.25. The van der Waals surface area contributed by atoms with Crippen LogP contribution in [-0.2, 0) is 0 Å². The number of benzene rings is 1. The molecule has 0 saturated heterocycles. The third-order valence-corrected chi connectivity index (χ3v) is 3.81. The predicted octanol–water partition coefficient (Wildman–Crippen LogP) is 4.59. The maximum absolute atomic E-state index is 5.20. The molecule has 0 heterocycles. The summed E-state index contributed by atoms with van der Waals surface area (Å²) in [4.78, 5) is 2.45. The molecule has 1 aromatic rings. The van der Waals surface area contributed by atoms with E-state index in [4.69, 9.17) is 6.42 Å². The minimum Gasteiger partial charge on any atom is -0.361 e. The number of terminal acetylenes is 1. The van der Waals surface area contributed by atoms with E-state index in [1.54, 1.807) is 6.08 Å². The Kier molecular flexibility index (Phi) is 5.91. The summed E-state index contributed by atoms with van der Waals surface area (Å²) in [5.41, 5.74) is 1.27. The maximum Gasteiger partial charge on any atom is 0.0476 e. The second-order valence-corrected chi connectivity index (χ2v) is 5.45. The highest BCUT2D eigenvalue weighted by atomic mass is 15.2. The van der Waals surface area contributed by atoms with Crippen molar-refractivity contribution in [1.29, 1.82) is 0 Å². The van der Waals surface area contributed by atoms with Crippen molar-refractivity contribution in [3.63, 3.8) is 0 Å². The van der Waals surface area contributed by atoms with Crippen LogP contribution in [-0.4, -0.2) is 12.6 Å². The topological polar surface area (TPSA) is 3.24 Å². The first-order chi connectivity index (χ1) is 10.3. The van der Waals surface area contributed by atoms with Crippen LogP contribution >= 0.6 is 0 Å². The lowest BCUT2D eigenvalue weighted by atomic mass is 9.93. The molecule has 2 atom stereocenters. The number of hydrogen-bond acceptors (Lipinski definition) is 1. The van der Waals surface area contributed by atoms with Crippen LogP contribution in [0.4, 0.5) is 5.69 Å². The van der Waals surface area contributed by atoms with E-state index in [1.165, 1.54) is 18.5 Å². The van der Waals surface area contributed by atoms with Gasteiger partial charge in [-0.1, -0.05) is 61.4 Å². The first-order valence-corrected chi connectivity index (χ1v) is 7.59. The minimum atomic E-state index is 0.477. The van der Waals surface area contributed by atoms with Gasteiger partial charge in [-0.15, -0.1) is 6.42 Å². The maximum atomic E-state index is 5.20. The fourth-order valence-electron chi connectivity index (χ4n) is 2.62. The Labute approximate surface area is 128 Å². The summed E-state index contributed by atoms with van der Waals surface area (Å²) in [6, 6.07) is 11.1. The molecule has 0 amide bonds. The zero-order valence-corrected chi connectivity index (χ0v) is 12.7. The Balaban J connectivity index is 2.11. The summed E-state index contributed by atoms with van der Waals surface area (Å²) in [5.74, 6) is 3.20. The second kappa shape index (κ2) is 8.17. The fraction of sp³-hybridized carbons (Fsp3) is 0.300. The molecule has 0 aromatic heterocycles. The van der Waals surface area contributed by atoms with Gasteiger partial charge in [-0.3, -0.25) is 0 Å². The number of allylic oxidation sites excluding steroid dienone is 4. The third-order valence-electron chi connectivity index (χ3n) is 3.81. The van der Waals surface area contributed by atoms with Crippen molar-refractivity contribution in [1.82, 2.24) is 0 Å². The minimum absolute atomic E-state index is 0.477. The zero-order chi connectivity index (χ0) is 14.9. The molecule has 1 aliphatic carbocycles. The molecule has 2 unspecified atom stereocenters. The van der Waals surface area contributed by atoms with Crippen molar-refractivity contribution in [3.8, 4) is 12.3 Å². The van der Waals surface area contributed by atoms with Crippen molar-refractivity contribution in [2.75, 3.05) is 11.4 Å². The van der Waals surface area contributed by atoms with Gasteiger partial charge in [0.1, 0.15) is 0 Å². The number of para-hydroxylation sites is 1. The molecule has 108 valence electrons.